The third-order valence-electron chi connectivity index (χ3n) is 13.0. The molecule has 60 heavy (non-hydrogen) atoms. The summed E-state index contributed by atoms with van der Waals surface area (Å²) in [7, 11) is 0. The quantitative estimate of drug-likeness (QED) is 0.0309. The number of hydrogen-bond donors (Lipinski definition) is 5. The third-order valence-corrected chi connectivity index (χ3v) is 13.0. The molecule has 0 radical (unpaired) electrons. The van der Waals surface area contributed by atoms with Gasteiger partial charge in [-0.3, -0.25) is 4.79 Å². The van der Waals surface area contributed by atoms with Crippen LogP contribution in [-0.2, 0) is 4.79 Å². The lowest BCUT2D eigenvalue weighted by Gasteiger charge is -2.27. The summed E-state index contributed by atoms with van der Waals surface area (Å²) in [4.78, 5) is 12.6. The molecule has 5 N–H and O–H groups in total. The maximum Gasteiger partial charge on any atom is 0.249 e. The fourth-order valence-electron chi connectivity index (χ4n) is 8.70. The number of carbonyl (C=O) groups is 1. The Morgan fingerprint density at radius 2 is 0.667 bits per heavy atom. The molecule has 0 aromatic rings. The van der Waals surface area contributed by atoms with E-state index in [-0.39, 0.29) is 0 Å². The monoisotopic (exact) mass is 850 g/mol. The van der Waals surface area contributed by atoms with Crippen molar-refractivity contribution < 1.29 is 25.2 Å². The molecule has 0 aliphatic carbocycles. The molecular formula is C54H107NO5. The highest BCUT2D eigenvalue weighted by molar-refractivity contribution is 5.80. The Hall–Kier alpha value is -0.950. The zero-order valence-electron chi connectivity index (χ0n) is 40.5. The Kier molecular flexibility index (Phi) is 48.3. The summed E-state index contributed by atoms with van der Waals surface area (Å²) in [5.41, 5.74) is 0. The summed E-state index contributed by atoms with van der Waals surface area (Å²) in [5, 5.41) is 43.9. The number of aliphatic hydroxyl groups is 4. The van der Waals surface area contributed by atoms with Gasteiger partial charge in [0.15, 0.2) is 0 Å². The van der Waals surface area contributed by atoms with E-state index in [0.29, 0.717) is 12.8 Å². The van der Waals surface area contributed by atoms with E-state index in [1.54, 1.807) is 0 Å². The molecule has 0 bridgehead atoms. The first-order valence-corrected chi connectivity index (χ1v) is 27.1. The van der Waals surface area contributed by atoms with Gasteiger partial charge >= 0.3 is 0 Å². The SMILES string of the molecule is CCCCCCCC/C=C\CCCCCCCCC(O)C(=O)NC(CO)C(O)C(O)CCCCCCCCCCCCCCCCCCCCCCCCCCCCCC. The number of nitrogens with one attached hydrogen (secondary N) is 1. The predicted molar refractivity (Wildman–Crippen MR) is 261 cm³/mol. The highest BCUT2D eigenvalue weighted by Crippen LogP contribution is 2.18. The van der Waals surface area contributed by atoms with Crippen molar-refractivity contribution in [3.8, 4) is 0 Å². The maximum absolute atomic E-state index is 12.6. The van der Waals surface area contributed by atoms with Gasteiger partial charge in [0, 0.05) is 0 Å². The van der Waals surface area contributed by atoms with E-state index < -0.39 is 36.9 Å². The minimum atomic E-state index is -1.26. The van der Waals surface area contributed by atoms with Crippen LogP contribution in [0.3, 0.4) is 0 Å². The first-order chi connectivity index (χ1) is 29.5. The van der Waals surface area contributed by atoms with Crippen LogP contribution < -0.4 is 5.32 Å². The van der Waals surface area contributed by atoms with Crippen molar-refractivity contribution in [3.05, 3.63) is 12.2 Å². The molecular weight excluding hydrogens is 743 g/mol. The van der Waals surface area contributed by atoms with Crippen LogP contribution in [0, 0.1) is 0 Å². The number of aliphatic hydroxyl groups excluding tert-OH is 4. The first kappa shape index (κ1) is 59.0. The van der Waals surface area contributed by atoms with E-state index in [9.17, 15) is 25.2 Å². The standard InChI is InChI=1S/C54H107NO5/c1-3-5-7-9-11-13-15-17-19-21-22-23-24-25-26-27-28-29-30-31-32-34-35-37-39-41-43-45-47-51(57)53(59)50(49-56)55-54(60)52(58)48-46-44-42-40-38-36-33-20-18-16-14-12-10-8-6-4-2/h18,20,50-53,56-59H,3-17,19,21-49H2,1-2H3,(H,55,60)/b20-18-. The zero-order chi connectivity index (χ0) is 43.8. The fourth-order valence-corrected chi connectivity index (χ4v) is 8.70. The molecule has 0 aromatic carbocycles. The van der Waals surface area contributed by atoms with Crippen LogP contribution in [0.25, 0.3) is 0 Å². The number of carbonyl (C=O) groups excluding carboxylic acids is 1. The van der Waals surface area contributed by atoms with Crippen molar-refractivity contribution in [2.24, 2.45) is 0 Å². The molecule has 0 heterocycles. The Morgan fingerprint density at radius 1 is 0.400 bits per heavy atom. The van der Waals surface area contributed by atoms with Crippen molar-refractivity contribution in [2.75, 3.05) is 6.61 Å². The van der Waals surface area contributed by atoms with Crippen molar-refractivity contribution in [3.63, 3.8) is 0 Å². The van der Waals surface area contributed by atoms with Gasteiger partial charge in [-0.1, -0.05) is 270 Å². The lowest BCUT2D eigenvalue weighted by Crippen LogP contribution is -2.53. The van der Waals surface area contributed by atoms with Crippen molar-refractivity contribution in [1.29, 1.82) is 0 Å². The van der Waals surface area contributed by atoms with Crippen LogP contribution >= 0.6 is 0 Å². The lowest BCUT2D eigenvalue weighted by atomic mass is 9.99. The molecule has 4 unspecified atom stereocenters. The van der Waals surface area contributed by atoms with Gasteiger partial charge in [0.25, 0.3) is 0 Å². The van der Waals surface area contributed by atoms with Gasteiger partial charge in [0.2, 0.25) is 5.91 Å². The van der Waals surface area contributed by atoms with Gasteiger partial charge in [-0.25, -0.2) is 0 Å². The number of rotatable bonds is 50. The van der Waals surface area contributed by atoms with Gasteiger partial charge in [0.05, 0.1) is 18.8 Å². The second kappa shape index (κ2) is 49.1. The Balaban J connectivity index is 3.59. The average molecular weight is 850 g/mol. The summed E-state index contributed by atoms with van der Waals surface area (Å²) in [6.45, 7) is 4.07. The molecule has 0 aliphatic rings. The smallest absolute Gasteiger partial charge is 0.249 e. The first-order valence-electron chi connectivity index (χ1n) is 27.1. The molecule has 6 nitrogen and oxygen atoms in total. The highest BCUT2D eigenvalue weighted by atomic mass is 16.3. The molecule has 0 rings (SSSR count). The molecule has 0 aromatic heterocycles. The summed E-state index contributed by atoms with van der Waals surface area (Å²) < 4.78 is 0. The van der Waals surface area contributed by atoms with Crippen molar-refractivity contribution in [1.82, 2.24) is 5.32 Å². The Morgan fingerprint density at radius 3 is 0.967 bits per heavy atom. The predicted octanol–water partition coefficient (Wildman–Crippen LogP) is 15.3. The van der Waals surface area contributed by atoms with Crippen LogP contribution in [0.15, 0.2) is 12.2 Å². The third kappa shape index (κ3) is 42.4. The van der Waals surface area contributed by atoms with E-state index in [0.717, 1.165) is 44.9 Å². The minimum Gasteiger partial charge on any atom is -0.394 e. The molecule has 0 saturated carbocycles. The topological polar surface area (TPSA) is 110 Å². The average Bonchev–Trinajstić information content (AvgIpc) is 3.25. The minimum absolute atomic E-state index is 0.365. The molecule has 0 saturated heterocycles. The largest absolute Gasteiger partial charge is 0.394 e. The summed E-state index contributed by atoms with van der Waals surface area (Å²) in [6.07, 6.45) is 57.0. The summed E-state index contributed by atoms with van der Waals surface area (Å²) >= 11 is 0. The van der Waals surface area contributed by atoms with Gasteiger partial charge < -0.3 is 25.7 Å². The molecule has 0 spiro atoms. The fraction of sp³-hybridized carbons (Fsp3) is 0.944. The second-order valence-electron chi connectivity index (χ2n) is 18.9. The van der Waals surface area contributed by atoms with E-state index in [2.05, 4.69) is 31.3 Å². The molecule has 1 amide bonds. The Labute approximate surface area is 374 Å². The highest BCUT2D eigenvalue weighted by Gasteiger charge is 2.28. The molecule has 6 heteroatoms. The number of unbranched alkanes of at least 4 members (excludes halogenated alkanes) is 39. The van der Waals surface area contributed by atoms with Crippen molar-refractivity contribution in [2.45, 2.75) is 321 Å². The van der Waals surface area contributed by atoms with E-state index in [4.69, 9.17) is 0 Å². The number of hydrogen-bond acceptors (Lipinski definition) is 5. The molecule has 4 atom stereocenters. The van der Waals surface area contributed by atoms with Gasteiger partial charge in [-0.05, 0) is 38.5 Å². The molecule has 0 aliphatic heterocycles. The number of amides is 1. The van der Waals surface area contributed by atoms with E-state index >= 15 is 0 Å². The second-order valence-corrected chi connectivity index (χ2v) is 18.9. The van der Waals surface area contributed by atoms with Crippen LogP contribution in [-0.4, -0.2) is 57.3 Å². The van der Waals surface area contributed by atoms with Crippen LogP contribution in [0.1, 0.15) is 296 Å². The Bertz CT molecular complexity index is 867. The summed E-state index contributed by atoms with van der Waals surface area (Å²) in [5.74, 6) is -0.585. The molecule has 0 fully saturated rings. The zero-order valence-corrected chi connectivity index (χ0v) is 40.5. The normalized spacial score (nSPS) is 13.9. The van der Waals surface area contributed by atoms with Crippen molar-refractivity contribution >= 4 is 5.91 Å². The van der Waals surface area contributed by atoms with E-state index in [1.165, 1.54) is 225 Å². The van der Waals surface area contributed by atoms with Crippen LogP contribution in [0.2, 0.25) is 0 Å². The van der Waals surface area contributed by atoms with Crippen LogP contribution in [0.4, 0.5) is 0 Å². The van der Waals surface area contributed by atoms with Gasteiger partial charge in [0.1, 0.15) is 12.2 Å². The van der Waals surface area contributed by atoms with Gasteiger partial charge in [-0.2, -0.15) is 0 Å². The summed E-state index contributed by atoms with van der Waals surface area (Å²) in [6, 6.07) is -0.985. The van der Waals surface area contributed by atoms with Crippen LogP contribution in [0.5, 0.6) is 0 Å². The lowest BCUT2D eigenvalue weighted by molar-refractivity contribution is -0.132. The molecule has 358 valence electrons. The number of allylic oxidation sites excluding steroid dienone is 2. The van der Waals surface area contributed by atoms with E-state index in [1.807, 2.05) is 0 Å². The van der Waals surface area contributed by atoms with Gasteiger partial charge in [-0.15, -0.1) is 0 Å². The maximum atomic E-state index is 12.6.